The zero-order chi connectivity index (χ0) is 17.3. The molecular weight excluding hydrogens is 316 g/mol. The predicted molar refractivity (Wildman–Crippen MR) is 82.6 cm³/mol. The van der Waals surface area contributed by atoms with Gasteiger partial charge in [-0.3, -0.25) is 0 Å². The number of benzene rings is 1. The van der Waals surface area contributed by atoms with Crippen molar-refractivity contribution in [3.63, 3.8) is 0 Å². The van der Waals surface area contributed by atoms with E-state index in [0.717, 1.165) is 0 Å². The van der Waals surface area contributed by atoms with Gasteiger partial charge in [-0.2, -0.15) is 0 Å². The Kier molecular flexibility index (Phi) is 5.05. The van der Waals surface area contributed by atoms with Crippen molar-refractivity contribution in [1.29, 1.82) is 0 Å². The molecule has 1 saturated carbocycles. The van der Waals surface area contributed by atoms with Gasteiger partial charge in [-0.1, -0.05) is 25.0 Å². The van der Waals surface area contributed by atoms with Crippen LogP contribution in [-0.4, -0.2) is 57.1 Å². The quantitative estimate of drug-likeness (QED) is 0.636. The number of carboxylic acid groups (broad SMARTS) is 1. The van der Waals surface area contributed by atoms with Crippen molar-refractivity contribution in [1.82, 2.24) is 0 Å². The summed E-state index contributed by atoms with van der Waals surface area (Å²) in [7, 11) is 0. The van der Waals surface area contributed by atoms with Crippen molar-refractivity contribution in [3.05, 3.63) is 29.8 Å². The molecular formula is C17H22O7. The van der Waals surface area contributed by atoms with Crippen molar-refractivity contribution >= 4 is 5.97 Å². The van der Waals surface area contributed by atoms with E-state index in [9.17, 15) is 20.1 Å². The topological polar surface area (TPSA) is 116 Å². The number of carboxylic acids is 1. The maximum Gasteiger partial charge on any atom is 0.335 e. The van der Waals surface area contributed by atoms with Crippen molar-refractivity contribution in [3.8, 4) is 5.75 Å². The van der Waals surface area contributed by atoms with Crippen LogP contribution >= 0.6 is 0 Å². The smallest absolute Gasteiger partial charge is 0.335 e. The zero-order valence-corrected chi connectivity index (χ0v) is 13.1. The standard InChI is InChI=1S/C17H22O7/c18-12-13(19)15(16(21)22)24-17(14(12)20)23-11-7-5-10(6-8-11)9-3-1-2-4-9/h5-9,12-15,17-20H,1-4H2,(H,21,22)/t12-,13-,14+,15-,17?/m0/s1. The number of aliphatic carboxylic acids is 1. The molecule has 4 N–H and O–H groups in total. The average Bonchev–Trinajstić information content (AvgIpc) is 3.10. The summed E-state index contributed by atoms with van der Waals surface area (Å²) >= 11 is 0. The van der Waals surface area contributed by atoms with Crippen molar-refractivity contribution in [2.45, 2.75) is 62.3 Å². The molecule has 24 heavy (non-hydrogen) atoms. The highest BCUT2D eigenvalue weighted by molar-refractivity contribution is 5.73. The Morgan fingerprint density at radius 3 is 2.21 bits per heavy atom. The molecule has 1 saturated heterocycles. The number of aliphatic hydroxyl groups is 3. The highest BCUT2D eigenvalue weighted by Gasteiger charge is 2.48. The van der Waals surface area contributed by atoms with Gasteiger partial charge in [0, 0.05) is 0 Å². The van der Waals surface area contributed by atoms with Crippen LogP contribution in [0.5, 0.6) is 5.75 Å². The van der Waals surface area contributed by atoms with Crippen molar-refractivity contribution < 1.29 is 34.7 Å². The summed E-state index contributed by atoms with van der Waals surface area (Å²) in [5.74, 6) is -0.476. The molecule has 5 atom stereocenters. The first-order valence-electron chi connectivity index (χ1n) is 8.16. The van der Waals surface area contributed by atoms with Gasteiger partial charge in [0.1, 0.15) is 24.1 Å². The molecule has 1 aliphatic carbocycles. The lowest BCUT2D eigenvalue weighted by Gasteiger charge is -2.38. The molecule has 0 spiro atoms. The molecule has 1 unspecified atom stereocenters. The molecule has 7 heteroatoms. The fourth-order valence-electron chi connectivity index (χ4n) is 3.36. The van der Waals surface area contributed by atoms with E-state index >= 15 is 0 Å². The number of aliphatic hydroxyl groups excluding tert-OH is 3. The van der Waals surface area contributed by atoms with Gasteiger partial charge in [0.15, 0.2) is 6.10 Å². The van der Waals surface area contributed by atoms with Gasteiger partial charge in [-0.15, -0.1) is 0 Å². The molecule has 132 valence electrons. The molecule has 2 fully saturated rings. The van der Waals surface area contributed by atoms with Gasteiger partial charge >= 0.3 is 5.97 Å². The van der Waals surface area contributed by atoms with E-state index in [1.807, 2.05) is 12.1 Å². The lowest BCUT2D eigenvalue weighted by Crippen LogP contribution is -2.61. The van der Waals surface area contributed by atoms with E-state index in [1.54, 1.807) is 12.1 Å². The summed E-state index contributed by atoms with van der Waals surface area (Å²) in [6.07, 6.45) is -3.14. The second-order valence-electron chi connectivity index (χ2n) is 6.40. The average molecular weight is 338 g/mol. The summed E-state index contributed by atoms with van der Waals surface area (Å²) in [4.78, 5) is 11.1. The molecule has 1 aliphatic heterocycles. The Balaban J connectivity index is 1.68. The van der Waals surface area contributed by atoms with Crippen LogP contribution < -0.4 is 4.74 Å². The highest BCUT2D eigenvalue weighted by Crippen LogP contribution is 2.35. The minimum absolute atomic E-state index is 0.397. The van der Waals surface area contributed by atoms with Crippen LogP contribution in [0.1, 0.15) is 37.2 Å². The third kappa shape index (κ3) is 3.39. The maximum atomic E-state index is 11.1. The van der Waals surface area contributed by atoms with Gasteiger partial charge in [0.05, 0.1) is 0 Å². The number of carbonyl (C=O) groups is 1. The van der Waals surface area contributed by atoms with Gasteiger partial charge in [0.2, 0.25) is 6.29 Å². The zero-order valence-electron chi connectivity index (χ0n) is 13.1. The van der Waals surface area contributed by atoms with E-state index < -0.39 is 36.7 Å². The van der Waals surface area contributed by atoms with Gasteiger partial charge in [-0.25, -0.2) is 4.79 Å². The minimum atomic E-state index is -1.72. The Morgan fingerprint density at radius 2 is 1.62 bits per heavy atom. The van der Waals surface area contributed by atoms with E-state index in [2.05, 4.69) is 0 Å². The molecule has 1 aromatic carbocycles. The minimum Gasteiger partial charge on any atom is -0.479 e. The summed E-state index contributed by atoms with van der Waals surface area (Å²) in [5.41, 5.74) is 1.23. The Hall–Kier alpha value is -1.67. The molecule has 0 bridgehead atoms. The number of hydrogen-bond acceptors (Lipinski definition) is 6. The van der Waals surface area contributed by atoms with Crippen LogP contribution in [0.4, 0.5) is 0 Å². The molecule has 2 aliphatic rings. The van der Waals surface area contributed by atoms with Crippen LogP contribution in [0.2, 0.25) is 0 Å². The second-order valence-corrected chi connectivity index (χ2v) is 6.40. The lowest BCUT2D eigenvalue weighted by atomic mass is 9.97. The van der Waals surface area contributed by atoms with Crippen LogP contribution in [0, 0.1) is 0 Å². The normalized spacial score (nSPS) is 34.2. The first-order chi connectivity index (χ1) is 11.5. The van der Waals surface area contributed by atoms with E-state index in [0.29, 0.717) is 11.7 Å². The SMILES string of the molecule is O=C(O)[C@H]1OC(Oc2ccc(C3CCCC3)cc2)[C@H](O)[C@@H](O)[C@@H]1O. The van der Waals surface area contributed by atoms with Crippen LogP contribution in [0.15, 0.2) is 24.3 Å². The fourth-order valence-corrected chi connectivity index (χ4v) is 3.36. The molecule has 3 rings (SSSR count). The van der Waals surface area contributed by atoms with Crippen molar-refractivity contribution in [2.24, 2.45) is 0 Å². The van der Waals surface area contributed by atoms with Gasteiger partial charge in [0.25, 0.3) is 0 Å². The highest BCUT2D eigenvalue weighted by atomic mass is 16.7. The molecule has 1 aromatic rings. The van der Waals surface area contributed by atoms with Gasteiger partial charge in [-0.05, 0) is 36.5 Å². The second kappa shape index (κ2) is 7.06. The molecule has 0 radical (unpaired) electrons. The Bertz CT molecular complexity index is 567. The number of rotatable bonds is 4. The summed E-state index contributed by atoms with van der Waals surface area (Å²) in [6, 6.07) is 7.36. The fraction of sp³-hybridized carbons (Fsp3) is 0.588. The third-order valence-electron chi connectivity index (χ3n) is 4.77. The summed E-state index contributed by atoms with van der Waals surface area (Å²) in [5, 5.41) is 38.4. The van der Waals surface area contributed by atoms with Crippen LogP contribution in [0.3, 0.4) is 0 Å². The molecule has 7 nitrogen and oxygen atoms in total. The molecule has 0 amide bonds. The monoisotopic (exact) mass is 338 g/mol. The number of ether oxygens (including phenoxy) is 2. The van der Waals surface area contributed by atoms with E-state index in [-0.39, 0.29) is 0 Å². The number of hydrogen-bond donors (Lipinski definition) is 4. The first-order valence-corrected chi connectivity index (χ1v) is 8.16. The first kappa shape index (κ1) is 17.2. The summed E-state index contributed by atoms with van der Waals surface area (Å²) in [6.45, 7) is 0. The van der Waals surface area contributed by atoms with Crippen LogP contribution in [0.25, 0.3) is 0 Å². The Labute approximate surface area is 139 Å². The Morgan fingerprint density at radius 1 is 1.00 bits per heavy atom. The maximum absolute atomic E-state index is 11.1. The predicted octanol–water partition coefficient (Wildman–Crippen LogP) is 0.615. The van der Waals surface area contributed by atoms with E-state index in [4.69, 9.17) is 14.6 Å². The largest absolute Gasteiger partial charge is 0.479 e. The van der Waals surface area contributed by atoms with Crippen molar-refractivity contribution in [2.75, 3.05) is 0 Å². The van der Waals surface area contributed by atoms with Gasteiger partial charge < -0.3 is 29.9 Å². The molecule has 0 aromatic heterocycles. The van der Waals surface area contributed by atoms with E-state index in [1.165, 1.54) is 31.2 Å². The third-order valence-corrected chi connectivity index (χ3v) is 4.77. The van der Waals surface area contributed by atoms with Crippen LogP contribution in [-0.2, 0) is 9.53 Å². The molecule has 1 heterocycles. The lowest BCUT2D eigenvalue weighted by molar-refractivity contribution is -0.271. The summed E-state index contributed by atoms with van der Waals surface area (Å²) < 4.78 is 10.6.